The third-order valence-corrected chi connectivity index (χ3v) is 5.67. The number of H-pyrrole nitrogens is 1. The number of anilines is 1. The molecule has 1 atom stereocenters. The standard InChI is InChI=1S/C21H16BrN5OS/c1-11-15-16(12-6-5-7-13(22)10-12)17-18(23)24-21(29)25-19(17)28-20(15)27(26-11)14-8-3-2-4-9-14/h2-10,16H,1H3,(H3,23,24,25,29). The van der Waals surface area contributed by atoms with E-state index in [1.165, 1.54) is 0 Å². The number of nitrogens with one attached hydrogen (secondary N) is 1. The van der Waals surface area contributed by atoms with Crippen molar-refractivity contribution in [2.24, 2.45) is 0 Å². The van der Waals surface area contributed by atoms with Crippen molar-refractivity contribution < 1.29 is 4.74 Å². The number of benzene rings is 2. The van der Waals surface area contributed by atoms with Gasteiger partial charge in [0.15, 0.2) is 0 Å². The van der Waals surface area contributed by atoms with Crippen LogP contribution >= 0.6 is 28.1 Å². The van der Waals surface area contributed by atoms with Crippen molar-refractivity contribution in [3.63, 3.8) is 0 Å². The number of fused-ring (bicyclic) bond motifs is 2. The average Bonchev–Trinajstić information content (AvgIpc) is 3.03. The SMILES string of the molecule is Cc1nn(-c2ccccc2)c2c1C(c1cccc(Br)c1)c1c(nc(=S)[nH]c1N)O2. The lowest BCUT2D eigenvalue weighted by molar-refractivity contribution is 0.402. The number of hydrogen-bond donors (Lipinski definition) is 2. The Bertz CT molecular complexity index is 1300. The Balaban J connectivity index is 1.83. The first-order valence-electron chi connectivity index (χ1n) is 9.01. The van der Waals surface area contributed by atoms with Crippen molar-refractivity contribution in [3.8, 4) is 17.4 Å². The van der Waals surface area contributed by atoms with Crippen LogP contribution in [0.5, 0.6) is 11.8 Å². The number of aromatic amines is 1. The topological polar surface area (TPSA) is 81.8 Å². The number of nitrogens with zero attached hydrogens (tertiary/aromatic N) is 3. The molecule has 144 valence electrons. The molecule has 1 aliphatic heterocycles. The molecule has 29 heavy (non-hydrogen) atoms. The fourth-order valence-corrected chi connectivity index (χ4v) is 4.39. The maximum absolute atomic E-state index is 6.35. The van der Waals surface area contributed by atoms with Crippen LogP contribution in [-0.4, -0.2) is 19.7 Å². The highest BCUT2D eigenvalue weighted by Gasteiger charge is 2.37. The van der Waals surface area contributed by atoms with E-state index in [0.717, 1.165) is 32.5 Å². The molecule has 0 saturated heterocycles. The fraction of sp³-hybridized carbons (Fsp3) is 0.0952. The Morgan fingerprint density at radius 1 is 1.14 bits per heavy atom. The highest BCUT2D eigenvalue weighted by atomic mass is 79.9. The van der Waals surface area contributed by atoms with Crippen LogP contribution in [0.25, 0.3) is 5.69 Å². The number of halogens is 1. The minimum absolute atomic E-state index is 0.192. The van der Waals surface area contributed by atoms with Crippen LogP contribution in [0.2, 0.25) is 0 Å². The van der Waals surface area contributed by atoms with E-state index in [0.29, 0.717) is 17.6 Å². The van der Waals surface area contributed by atoms with Gasteiger partial charge in [-0.25, -0.2) is 4.68 Å². The van der Waals surface area contributed by atoms with Gasteiger partial charge in [-0.05, 0) is 49.0 Å². The zero-order chi connectivity index (χ0) is 20.1. The van der Waals surface area contributed by atoms with E-state index in [2.05, 4.69) is 38.0 Å². The summed E-state index contributed by atoms with van der Waals surface area (Å²) in [5.74, 6) is 1.28. The van der Waals surface area contributed by atoms with E-state index < -0.39 is 0 Å². The predicted octanol–water partition coefficient (Wildman–Crippen LogP) is 5.26. The molecule has 0 saturated carbocycles. The van der Waals surface area contributed by atoms with E-state index in [4.69, 9.17) is 27.8 Å². The van der Waals surface area contributed by atoms with Crippen LogP contribution in [0.4, 0.5) is 5.82 Å². The minimum atomic E-state index is -0.192. The van der Waals surface area contributed by atoms with Gasteiger partial charge in [0.05, 0.1) is 28.4 Å². The van der Waals surface area contributed by atoms with Crippen molar-refractivity contribution in [3.05, 3.63) is 86.2 Å². The molecule has 0 spiro atoms. The first kappa shape index (κ1) is 18.1. The molecule has 2 aromatic carbocycles. The Morgan fingerprint density at radius 3 is 2.69 bits per heavy atom. The summed E-state index contributed by atoms with van der Waals surface area (Å²) >= 11 is 8.81. The third kappa shape index (κ3) is 2.95. The summed E-state index contributed by atoms with van der Waals surface area (Å²) in [4.78, 5) is 7.38. The van der Waals surface area contributed by atoms with Crippen molar-refractivity contribution in [2.45, 2.75) is 12.8 Å². The largest absolute Gasteiger partial charge is 0.420 e. The zero-order valence-electron chi connectivity index (χ0n) is 15.4. The van der Waals surface area contributed by atoms with Crippen LogP contribution in [0.3, 0.4) is 0 Å². The van der Waals surface area contributed by atoms with E-state index in [1.54, 1.807) is 4.68 Å². The zero-order valence-corrected chi connectivity index (χ0v) is 17.8. The van der Waals surface area contributed by atoms with E-state index in [1.807, 2.05) is 49.4 Å². The number of ether oxygens (including phenoxy) is 1. The van der Waals surface area contributed by atoms with Gasteiger partial charge < -0.3 is 15.5 Å². The number of nitrogen functional groups attached to an aromatic ring is 1. The average molecular weight is 466 g/mol. The molecule has 0 bridgehead atoms. The maximum Gasteiger partial charge on any atom is 0.231 e. The van der Waals surface area contributed by atoms with Gasteiger partial charge in [0.25, 0.3) is 0 Å². The second kappa shape index (κ2) is 6.82. The second-order valence-electron chi connectivity index (χ2n) is 6.82. The summed E-state index contributed by atoms with van der Waals surface area (Å²) in [6.45, 7) is 1.98. The number of nitrogens with two attached hydrogens (primary N) is 1. The highest BCUT2D eigenvalue weighted by Crippen LogP contribution is 2.50. The maximum atomic E-state index is 6.35. The van der Waals surface area contributed by atoms with Crippen LogP contribution in [0.1, 0.15) is 28.3 Å². The molecule has 5 rings (SSSR count). The summed E-state index contributed by atoms with van der Waals surface area (Å²) in [6.07, 6.45) is 0. The molecule has 0 aliphatic carbocycles. The van der Waals surface area contributed by atoms with Crippen LogP contribution in [-0.2, 0) is 0 Å². The summed E-state index contributed by atoms with van der Waals surface area (Å²) in [7, 11) is 0. The minimum Gasteiger partial charge on any atom is -0.420 e. The smallest absolute Gasteiger partial charge is 0.231 e. The molecule has 3 N–H and O–H groups in total. The van der Waals surface area contributed by atoms with Crippen LogP contribution in [0.15, 0.2) is 59.1 Å². The van der Waals surface area contributed by atoms with Crippen LogP contribution in [0, 0.1) is 11.7 Å². The summed E-state index contributed by atoms with van der Waals surface area (Å²) < 4.78 is 9.30. The molecule has 4 aromatic rings. The molecule has 0 amide bonds. The first-order chi connectivity index (χ1) is 14.0. The Labute approximate surface area is 180 Å². The summed E-state index contributed by atoms with van der Waals surface area (Å²) in [5, 5.41) is 4.77. The number of rotatable bonds is 2. The lowest BCUT2D eigenvalue weighted by Crippen LogP contribution is -2.17. The molecular formula is C21H16BrN5OS. The molecule has 1 aliphatic rings. The number of aromatic nitrogens is 4. The van der Waals surface area contributed by atoms with Gasteiger partial charge in [0.2, 0.25) is 16.5 Å². The lowest BCUT2D eigenvalue weighted by atomic mass is 9.84. The monoisotopic (exact) mass is 465 g/mol. The summed E-state index contributed by atoms with van der Waals surface area (Å²) in [5.41, 5.74) is 10.9. The highest BCUT2D eigenvalue weighted by molar-refractivity contribution is 9.10. The van der Waals surface area contributed by atoms with E-state index >= 15 is 0 Å². The normalized spacial score (nSPS) is 14.8. The molecule has 0 fully saturated rings. The van der Waals surface area contributed by atoms with Crippen LogP contribution < -0.4 is 10.5 Å². The molecule has 1 unspecified atom stereocenters. The van der Waals surface area contributed by atoms with Gasteiger partial charge in [-0.1, -0.05) is 46.3 Å². The van der Waals surface area contributed by atoms with E-state index in [9.17, 15) is 0 Å². The van der Waals surface area contributed by atoms with Gasteiger partial charge in [-0.15, -0.1) is 0 Å². The lowest BCUT2D eigenvalue weighted by Gasteiger charge is -2.27. The number of aryl methyl sites for hydroxylation is 1. The predicted molar refractivity (Wildman–Crippen MR) is 117 cm³/mol. The molecule has 3 heterocycles. The molecule has 2 aromatic heterocycles. The van der Waals surface area contributed by atoms with E-state index in [-0.39, 0.29) is 10.7 Å². The molecule has 6 nitrogen and oxygen atoms in total. The van der Waals surface area contributed by atoms with Gasteiger partial charge >= 0.3 is 0 Å². The quantitative estimate of drug-likeness (QED) is 0.347. The van der Waals surface area contributed by atoms with Crippen molar-refractivity contribution in [2.75, 3.05) is 5.73 Å². The Hall–Kier alpha value is -2.97. The van der Waals surface area contributed by atoms with Gasteiger partial charge in [0, 0.05) is 4.47 Å². The fourth-order valence-electron chi connectivity index (χ4n) is 3.78. The molecular weight excluding hydrogens is 450 g/mol. The van der Waals surface area contributed by atoms with Gasteiger partial charge in [-0.2, -0.15) is 10.1 Å². The Kier molecular flexibility index (Phi) is 4.25. The van der Waals surface area contributed by atoms with Crippen molar-refractivity contribution in [1.82, 2.24) is 19.7 Å². The van der Waals surface area contributed by atoms with Crippen molar-refractivity contribution in [1.29, 1.82) is 0 Å². The molecule has 0 radical (unpaired) electrons. The number of para-hydroxylation sites is 1. The van der Waals surface area contributed by atoms with Gasteiger partial charge in [-0.3, -0.25) is 0 Å². The third-order valence-electron chi connectivity index (χ3n) is 4.98. The summed E-state index contributed by atoms with van der Waals surface area (Å²) in [6, 6.07) is 18.0. The first-order valence-corrected chi connectivity index (χ1v) is 10.2. The Morgan fingerprint density at radius 2 is 1.93 bits per heavy atom. The molecule has 8 heteroatoms. The number of hydrogen-bond acceptors (Lipinski definition) is 5. The second-order valence-corrected chi connectivity index (χ2v) is 8.12. The van der Waals surface area contributed by atoms with Crippen molar-refractivity contribution >= 4 is 34.0 Å². The van der Waals surface area contributed by atoms with Gasteiger partial charge in [0.1, 0.15) is 5.82 Å².